The Morgan fingerprint density at radius 2 is 1.46 bits per heavy atom. The van der Waals surface area contributed by atoms with E-state index < -0.39 is 8.07 Å². The molecule has 0 bridgehead atoms. The maximum absolute atomic E-state index is 9.65. The molecule has 2 rings (SSSR count). The molecular weight excluding hydrogens is 439 g/mol. The van der Waals surface area contributed by atoms with Crippen molar-refractivity contribution in [3.8, 4) is 5.75 Å². The second-order valence-corrected chi connectivity index (χ2v) is 14.1. The van der Waals surface area contributed by atoms with Crippen molar-refractivity contribution >= 4 is 18.1 Å². The molecule has 0 heterocycles. The largest absolute Gasteiger partial charge is 1.00 e. The molecule has 0 saturated heterocycles. The predicted molar refractivity (Wildman–Crippen MR) is 117 cm³/mol. The van der Waals surface area contributed by atoms with Crippen LogP contribution in [-0.2, 0) is 20.0 Å². The van der Waals surface area contributed by atoms with Gasteiger partial charge in [-0.15, -0.1) is 6.92 Å². The standard InChI is InChI=1S/C13H22OSi.C9H13.CH2.2ClH.Ti/c1-10-7-11(14)9-12(8-10)15(5,6)13(2,3)4;1-6-5-7(2)9(4)8(6)3;;;;/h7-9,14H,1-6H3;6H,1-4H3;1H2;2*1H;/q;-1;;;;+1/p-2. The van der Waals surface area contributed by atoms with Gasteiger partial charge in [0.05, 0.1) is 8.07 Å². The third-order valence-electron chi connectivity index (χ3n) is 5.90. The molecule has 0 fully saturated rings. The van der Waals surface area contributed by atoms with Gasteiger partial charge >= 0.3 is 24.8 Å². The van der Waals surface area contributed by atoms with Gasteiger partial charge in [-0.3, -0.25) is 6.08 Å². The molecule has 0 spiro atoms. The summed E-state index contributed by atoms with van der Waals surface area (Å²) < 4.78 is 0. The Labute approximate surface area is 198 Å². The second kappa shape index (κ2) is 13.2. The molecule has 1 aliphatic carbocycles. The van der Waals surface area contributed by atoms with Gasteiger partial charge in [-0.1, -0.05) is 71.8 Å². The van der Waals surface area contributed by atoms with Crippen molar-refractivity contribution in [1.82, 2.24) is 0 Å². The first kappa shape index (κ1) is 32.5. The smallest absolute Gasteiger partial charge is 1.00 e. The molecule has 0 aromatic heterocycles. The van der Waals surface area contributed by atoms with Gasteiger partial charge in [0.1, 0.15) is 5.75 Å². The normalized spacial score (nSPS) is 15.9. The summed E-state index contributed by atoms with van der Waals surface area (Å²) in [7, 11) is -1.50. The van der Waals surface area contributed by atoms with E-state index in [9.17, 15) is 5.11 Å². The van der Waals surface area contributed by atoms with E-state index in [1.54, 1.807) is 20.0 Å². The minimum atomic E-state index is -1.50. The van der Waals surface area contributed by atoms with E-state index in [-0.39, 0.29) is 24.8 Å². The van der Waals surface area contributed by atoms with Gasteiger partial charge in [-0.05, 0) is 29.7 Å². The summed E-state index contributed by atoms with van der Waals surface area (Å²) >= 11 is 1.75. The molecule has 5 heteroatoms. The van der Waals surface area contributed by atoms with Crippen LogP contribution >= 0.6 is 0 Å². The number of allylic oxidation sites excluding steroid dienone is 4. The molecule has 1 N–H and O–H groups in total. The number of aryl methyl sites for hydroxylation is 1. The van der Waals surface area contributed by atoms with Crippen LogP contribution in [0.4, 0.5) is 0 Å². The number of halogens is 2. The first-order valence-electron chi connectivity index (χ1n) is 9.21. The SMILES string of the molecule is CC1=[C-]C(C)C(C)=C1C.Cc1cc(O)cc([Si](C)(C)C(C)(C)C)c1.[CH2]=[Ti+].[Cl-].[Cl-]. The van der Waals surface area contributed by atoms with Gasteiger partial charge in [-0.2, -0.15) is 11.1 Å². The average molecular weight is 476 g/mol. The predicted octanol–water partition coefficient (Wildman–Crippen LogP) is 0.111. The van der Waals surface area contributed by atoms with Crippen LogP contribution in [0.1, 0.15) is 54.0 Å². The summed E-state index contributed by atoms with van der Waals surface area (Å²) in [5.74, 6) is 0.958. The number of benzene rings is 1. The molecule has 0 aliphatic heterocycles. The zero-order valence-electron chi connectivity index (χ0n) is 19.2. The molecule has 0 saturated carbocycles. The van der Waals surface area contributed by atoms with E-state index >= 15 is 0 Å². The minimum absolute atomic E-state index is 0. The van der Waals surface area contributed by atoms with Crippen molar-refractivity contribution < 1.29 is 49.9 Å². The van der Waals surface area contributed by atoms with Crippen molar-refractivity contribution in [1.29, 1.82) is 0 Å². The van der Waals surface area contributed by atoms with Gasteiger partial charge in [0.15, 0.2) is 0 Å². The van der Waals surface area contributed by atoms with Crippen LogP contribution < -0.4 is 30.0 Å². The van der Waals surface area contributed by atoms with Crippen LogP contribution in [0, 0.1) is 18.9 Å². The van der Waals surface area contributed by atoms with Crippen molar-refractivity contribution in [2.24, 2.45) is 5.92 Å². The fraction of sp³-hybridized carbons (Fsp3) is 0.522. The van der Waals surface area contributed by atoms with Crippen molar-refractivity contribution in [2.75, 3.05) is 0 Å². The Morgan fingerprint density at radius 1 is 1.00 bits per heavy atom. The number of aromatic hydroxyl groups is 1. The molecule has 159 valence electrons. The van der Waals surface area contributed by atoms with E-state index in [1.807, 2.05) is 19.1 Å². The molecule has 0 amide bonds. The zero-order chi connectivity index (χ0) is 20.9. The number of hydrogen-bond donors (Lipinski definition) is 1. The maximum Gasteiger partial charge on any atom is -1.00 e. The van der Waals surface area contributed by atoms with Crippen LogP contribution in [-0.4, -0.2) is 18.0 Å². The Hall–Kier alpha value is -0.119. The van der Waals surface area contributed by atoms with E-state index in [0.717, 1.165) is 5.56 Å². The summed E-state index contributed by atoms with van der Waals surface area (Å²) in [6.45, 7) is 22.3. The fourth-order valence-electron chi connectivity index (χ4n) is 2.72. The Balaban J connectivity index is -0.000000416. The molecule has 1 unspecified atom stereocenters. The van der Waals surface area contributed by atoms with Crippen LogP contribution in [0.2, 0.25) is 18.1 Å². The Bertz CT molecular complexity index is 668. The molecule has 1 aromatic carbocycles. The first-order valence-corrected chi connectivity index (χ1v) is 13.3. The zero-order valence-corrected chi connectivity index (χ0v) is 23.3. The van der Waals surface area contributed by atoms with Crippen molar-refractivity contribution in [2.45, 2.75) is 73.5 Å². The monoisotopic (exact) mass is 475 g/mol. The number of hydrogen-bond acceptors (Lipinski definition) is 1. The first-order chi connectivity index (χ1) is 11.8. The molecule has 1 aliphatic rings. The molecule has 1 nitrogen and oxygen atoms in total. The van der Waals surface area contributed by atoms with Gasteiger partial charge in [0, 0.05) is 0 Å². The van der Waals surface area contributed by atoms with E-state index in [2.05, 4.69) is 78.5 Å². The van der Waals surface area contributed by atoms with Gasteiger partial charge in [-0.25, -0.2) is 5.57 Å². The fourth-order valence-corrected chi connectivity index (χ4v) is 4.68. The number of phenolic OH excluding ortho intramolecular Hbond substituents is 1. The van der Waals surface area contributed by atoms with Gasteiger partial charge in [0.25, 0.3) is 0 Å². The van der Waals surface area contributed by atoms with E-state index in [1.165, 1.54) is 21.9 Å². The van der Waals surface area contributed by atoms with Gasteiger partial charge < -0.3 is 29.9 Å². The summed E-state index contributed by atoms with van der Waals surface area (Å²) in [5, 5.41) is 11.3. The maximum atomic E-state index is 9.65. The van der Waals surface area contributed by atoms with Crippen molar-refractivity contribution in [3.05, 3.63) is 46.6 Å². The molecular formula is C23H37Cl2OSiTi-2. The van der Waals surface area contributed by atoms with Crippen LogP contribution in [0.25, 0.3) is 0 Å². The topological polar surface area (TPSA) is 20.2 Å². The molecule has 1 aromatic rings. The number of phenols is 1. The van der Waals surface area contributed by atoms with Crippen molar-refractivity contribution in [3.63, 3.8) is 0 Å². The molecule has 1 atom stereocenters. The van der Waals surface area contributed by atoms with Crippen LogP contribution in [0.15, 0.2) is 34.9 Å². The van der Waals surface area contributed by atoms with E-state index in [0.29, 0.717) is 16.7 Å². The minimum Gasteiger partial charge on any atom is -1.00 e. The quantitative estimate of drug-likeness (QED) is 0.451. The third-order valence-corrected chi connectivity index (χ3v) is 11.4. The summed E-state index contributed by atoms with van der Waals surface area (Å²) in [5.41, 5.74) is 5.39. The average Bonchev–Trinajstić information content (AvgIpc) is 2.74. The van der Waals surface area contributed by atoms with E-state index in [4.69, 9.17) is 0 Å². The van der Waals surface area contributed by atoms with Crippen LogP contribution in [0.5, 0.6) is 5.75 Å². The molecule has 28 heavy (non-hydrogen) atoms. The summed E-state index contributed by atoms with van der Waals surface area (Å²) in [6, 6.07) is 5.97. The Morgan fingerprint density at radius 3 is 1.71 bits per heavy atom. The summed E-state index contributed by atoms with van der Waals surface area (Å²) in [4.78, 5) is 3.25. The summed E-state index contributed by atoms with van der Waals surface area (Å²) in [6.07, 6.45) is 3.36. The van der Waals surface area contributed by atoms with Crippen LogP contribution in [0.3, 0.4) is 0 Å². The van der Waals surface area contributed by atoms with Gasteiger partial charge in [0.2, 0.25) is 0 Å². The number of rotatable bonds is 1. The Kier molecular flexibility index (Phi) is 15.4. The molecule has 0 radical (unpaired) electrons. The third kappa shape index (κ3) is 8.71. The second-order valence-electron chi connectivity index (χ2n) is 8.73.